The van der Waals surface area contributed by atoms with Crippen LogP contribution in [0.1, 0.15) is 60.9 Å². The number of carbonyl (C=O) groups excluding carboxylic acids is 2. The first-order chi connectivity index (χ1) is 18.1. The van der Waals surface area contributed by atoms with E-state index in [-0.39, 0.29) is 18.3 Å². The highest BCUT2D eigenvalue weighted by molar-refractivity contribution is 5.79. The van der Waals surface area contributed by atoms with Crippen LogP contribution in [0.15, 0.2) is 84.0 Å². The molecule has 0 saturated carbocycles. The Kier molecular flexibility index (Phi) is 11.2. The molecule has 0 radical (unpaired) electrons. The lowest BCUT2D eigenvalue weighted by molar-refractivity contribution is -0.143. The summed E-state index contributed by atoms with van der Waals surface area (Å²) < 4.78 is 11.0. The predicted molar refractivity (Wildman–Crippen MR) is 145 cm³/mol. The maximum absolute atomic E-state index is 12.7. The summed E-state index contributed by atoms with van der Waals surface area (Å²) in [5.74, 6) is 5.46. The summed E-state index contributed by atoms with van der Waals surface area (Å²) in [6, 6.07) is 24.9. The van der Waals surface area contributed by atoms with Crippen molar-refractivity contribution in [3.8, 4) is 5.75 Å². The number of nitrogens with two attached hydrogens (primary N) is 1. The van der Waals surface area contributed by atoms with Crippen molar-refractivity contribution in [1.82, 2.24) is 5.32 Å². The SMILES string of the molecule is CCOC(=O)CC(NC(=O)CCCCc1ccc(C=NN)cc1)c1ccc(OCc2ccccc2)cc1. The Morgan fingerprint density at radius 2 is 1.68 bits per heavy atom. The summed E-state index contributed by atoms with van der Waals surface area (Å²) >= 11 is 0. The van der Waals surface area contributed by atoms with E-state index in [4.69, 9.17) is 15.3 Å². The minimum Gasteiger partial charge on any atom is -0.489 e. The molecule has 3 N–H and O–H groups in total. The van der Waals surface area contributed by atoms with E-state index in [2.05, 4.69) is 10.4 Å². The number of hydrazone groups is 1. The molecular formula is C30H35N3O4. The second kappa shape index (κ2) is 15.1. The molecule has 0 fully saturated rings. The van der Waals surface area contributed by atoms with Crippen molar-refractivity contribution in [1.29, 1.82) is 0 Å². The minimum absolute atomic E-state index is 0.0717. The van der Waals surface area contributed by atoms with Gasteiger partial charge in [0.2, 0.25) is 5.91 Å². The second-order valence-corrected chi connectivity index (χ2v) is 8.70. The van der Waals surface area contributed by atoms with Crippen LogP contribution in [0.25, 0.3) is 0 Å². The standard InChI is InChI=1S/C30H35N3O4/c1-2-36-30(35)20-28(26-16-18-27(19-17-26)37-22-25-9-4-3-5-10-25)33-29(34)11-7-6-8-23-12-14-24(15-13-23)21-32-31/h3-5,9-10,12-19,21,28H,2,6-8,11,20,22,31H2,1H3,(H,33,34). The number of carbonyl (C=O) groups is 2. The summed E-state index contributed by atoms with van der Waals surface area (Å²) in [5, 5.41) is 6.54. The Balaban J connectivity index is 1.51. The zero-order valence-corrected chi connectivity index (χ0v) is 21.3. The highest BCUT2D eigenvalue weighted by Gasteiger charge is 2.19. The van der Waals surface area contributed by atoms with Gasteiger partial charge >= 0.3 is 5.97 Å². The summed E-state index contributed by atoms with van der Waals surface area (Å²) in [5.41, 5.74) is 4.06. The van der Waals surface area contributed by atoms with E-state index in [0.29, 0.717) is 19.6 Å². The molecule has 1 atom stereocenters. The van der Waals surface area contributed by atoms with E-state index in [1.165, 1.54) is 5.56 Å². The second-order valence-electron chi connectivity index (χ2n) is 8.70. The average molecular weight is 502 g/mol. The molecule has 0 aromatic heterocycles. The molecule has 3 rings (SSSR count). The van der Waals surface area contributed by atoms with Crippen LogP contribution in [0.2, 0.25) is 0 Å². The molecule has 3 aromatic rings. The van der Waals surface area contributed by atoms with E-state index in [0.717, 1.165) is 41.7 Å². The normalized spacial score (nSPS) is 11.7. The monoisotopic (exact) mass is 501 g/mol. The summed E-state index contributed by atoms with van der Waals surface area (Å²) in [4.78, 5) is 24.9. The maximum atomic E-state index is 12.7. The maximum Gasteiger partial charge on any atom is 0.308 e. The van der Waals surface area contributed by atoms with Crippen molar-refractivity contribution < 1.29 is 19.1 Å². The molecule has 1 amide bonds. The largest absolute Gasteiger partial charge is 0.489 e. The average Bonchev–Trinajstić information content (AvgIpc) is 2.92. The zero-order chi connectivity index (χ0) is 26.3. The van der Waals surface area contributed by atoms with E-state index in [1.807, 2.05) is 78.9 Å². The summed E-state index contributed by atoms with van der Waals surface area (Å²) in [7, 11) is 0. The van der Waals surface area contributed by atoms with E-state index < -0.39 is 6.04 Å². The van der Waals surface area contributed by atoms with Crippen molar-refractivity contribution in [3.63, 3.8) is 0 Å². The van der Waals surface area contributed by atoms with Gasteiger partial charge in [0.05, 0.1) is 25.3 Å². The molecule has 37 heavy (non-hydrogen) atoms. The molecule has 7 nitrogen and oxygen atoms in total. The number of ether oxygens (including phenoxy) is 2. The molecule has 0 saturated heterocycles. The Morgan fingerprint density at radius 3 is 2.35 bits per heavy atom. The fourth-order valence-corrected chi connectivity index (χ4v) is 3.91. The van der Waals surface area contributed by atoms with Crippen molar-refractivity contribution in [2.24, 2.45) is 10.9 Å². The quantitative estimate of drug-likeness (QED) is 0.105. The number of hydrogen-bond acceptors (Lipinski definition) is 6. The molecule has 3 aromatic carbocycles. The highest BCUT2D eigenvalue weighted by atomic mass is 16.5. The van der Waals surface area contributed by atoms with Gasteiger partial charge in [0.1, 0.15) is 12.4 Å². The smallest absolute Gasteiger partial charge is 0.308 e. The first-order valence-electron chi connectivity index (χ1n) is 12.6. The third-order valence-electron chi connectivity index (χ3n) is 5.86. The Labute approximate surface area is 218 Å². The van der Waals surface area contributed by atoms with Crippen molar-refractivity contribution >= 4 is 18.1 Å². The van der Waals surface area contributed by atoms with Gasteiger partial charge in [-0.05, 0) is 60.6 Å². The van der Waals surface area contributed by atoms with Crippen molar-refractivity contribution in [3.05, 3.63) is 101 Å². The van der Waals surface area contributed by atoms with Crippen LogP contribution >= 0.6 is 0 Å². The molecule has 0 aliphatic rings. The van der Waals surface area contributed by atoms with Gasteiger partial charge in [0, 0.05) is 6.42 Å². The van der Waals surface area contributed by atoms with Gasteiger partial charge in [-0.1, -0.05) is 66.7 Å². The number of hydrogen-bond donors (Lipinski definition) is 2. The predicted octanol–water partition coefficient (Wildman–Crippen LogP) is 5.08. The third-order valence-corrected chi connectivity index (χ3v) is 5.86. The van der Waals surface area contributed by atoms with Gasteiger partial charge in [0.15, 0.2) is 0 Å². The summed E-state index contributed by atoms with van der Waals surface area (Å²) in [6.07, 6.45) is 4.57. The topological polar surface area (TPSA) is 103 Å². The lowest BCUT2D eigenvalue weighted by Crippen LogP contribution is -2.30. The number of aryl methyl sites for hydroxylation is 1. The Hall–Kier alpha value is -4.13. The first-order valence-corrected chi connectivity index (χ1v) is 12.6. The molecule has 0 heterocycles. The number of benzene rings is 3. The van der Waals surface area contributed by atoms with Crippen molar-refractivity contribution in [2.75, 3.05) is 6.61 Å². The summed E-state index contributed by atoms with van der Waals surface area (Å²) in [6.45, 7) is 2.53. The number of nitrogens with one attached hydrogen (secondary N) is 1. The Morgan fingerprint density at radius 1 is 0.946 bits per heavy atom. The van der Waals surface area contributed by atoms with Crippen LogP contribution in [0.4, 0.5) is 0 Å². The number of esters is 1. The third kappa shape index (κ3) is 9.80. The van der Waals surface area contributed by atoms with Crippen LogP contribution in [0.3, 0.4) is 0 Å². The molecule has 0 bridgehead atoms. The lowest BCUT2D eigenvalue weighted by atomic mass is 10.0. The van der Waals surface area contributed by atoms with Crippen LogP contribution in [0.5, 0.6) is 5.75 Å². The number of amides is 1. The molecule has 194 valence electrons. The molecule has 0 aliphatic carbocycles. The lowest BCUT2D eigenvalue weighted by Gasteiger charge is -2.19. The van der Waals surface area contributed by atoms with Crippen LogP contribution in [0, 0.1) is 0 Å². The number of rotatable bonds is 14. The molecular weight excluding hydrogens is 466 g/mol. The molecule has 0 aliphatic heterocycles. The van der Waals surface area contributed by atoms with Gasteiger partial charge < -0.3 is 20.6 Å². The molecule has 7 heteroatoms. The van der Waals surface area contributed by atoms with Crippen molar-refractivity contribution in [2.45, 2.75) is 51.7 Å². The van der Waals surface area contributed by atoms with Gasteiger partial charge in [-0.2, -0.15) is 5.10 Å². The van der Waals surface area contributed by atoms with E-state index in [9.17, 15) is 9.59 Å². The van der Waals surface area contributed by atoms with Gasteiger partial charge in [-0.15, -0.1) is 0 Å². The van der Waals surface area contributed by atoms with Crippen LogP contribution in [-0.4, -0.2) is 24.7 Å². The van der Waals surface area contributed by atoms with Gasteiger partial charge in [0.25, 0.3) is 0 Å². The first kappa shape index (κ1) is 27.5. The van der Waals surface area contributed by atoms with E-state index >= 15 is 0 Å². The molecule has 1 unspecified atom stereocenters. The fraction of sp³-hybridized carbons (Fsp3) is 0.300. The fourth-order valence-electron chi connectivity index (χ4n) is 3.91. The van der Waals surface area contributed by atoms with Gasteiger partial charge in [-0.25, -0.2) is 0 Å². The molecule has 0 spiro atoms. The Bertz CT molecular complexity index is 1130. The highest BCUT2D eigenvalue weighted by Crippen LogP contribution is 2.22. The van der Waals surface area contributed by atoms with Crippen LogP contribution < -0.4 is 15.9 Å². The van der Waals surface area contributed by atoms with Gasteiger partial charge in [-0.3, -0.25) is 9.59 Å². The van der Waals surface area contributed by atoms with E-state index in [1.54, 1.807) is 13.1 Å². The number of unbranched alkanes of at least 4 members (excludes halogenated alkanes) is 1. The number of nitrogens with zero attached hydrogens (tertiary/aromatic N) is 1. The zero-order valence-electron chi connectivity index (χ0n) is 21.3. The van der Waals surface area contributed by atoms with Crippen LogP contribution in [-0.2, 0) is 27.4 Å². The minimum atomic E-state index is -0.466.